The molecule has 2 aromatic carbocycles. The minimum atomic E-state index is -3.77. The van der Waals surface area contributed by atoms with E-state index >= 15 is 0 Å². The van der Waals surface area contributed by atoms with Gasteiger partial charge in [-0.1, -0.05) is 29.6 Å². The monoisotopic (exact) mass is 438 g/mol. The zero-order chi connectivity index (χ0) is 19.9. The van der Waals surface area contributed by atoms with Gasteiger partial charge >= 0.3 is 0 Å². The summed E-state index contributed by atoms with van der Waals surface area (Å²) in [5.41, 5.74) is 0.635. The first kappa shape index (κ1) is 19.6. The van der Waals surface area contributed by atoms with Gasteiger partial charge in [0.15, 0.2) is 0 Å². The van der Waals surface area contributed by atoms with Crippen molar-refractivity contribution in [2.24, 2.45) is 11.8 Å². The molecule has 5 nitrogen and oxygen atoms in total. The summed E-state index contributed by atoms with van der Waals surface area (Å²) in [6.07, 6.45) is 4.67. The topological polar surface area (TPSA) is 75.3 Å². The number of carbonyl (C=O) groups is 1. The van der Waals surface area contributed by atoms with Crippen molar-refractivity contribution < 1.29 is 13.2 Å². The molecule has 2 aliphatic rings. The molecule has 2 N–H and O–H groups in total. The fourth-order valence-corrected chi connectivity index (χ4v) is 5.70. The lowest BCUT2D eigenvalue weighted by molar-refractivity contribution is 0.0923. The maximum Gasteiger partial charge on any atom is 0.261 e. The molecule has 0 saturated heterocycles. The van der Waals surface area contributed by atoms with Crippen molar-refractivity contribution in [2.45, 2.75) is 36.6 Å². The number of benzene rings is 2. The number of anilines is 1. The lowest BCUT2D eigenvalue weighted by atomic mass is 9.95. The van der Waals surface area contributed by atoms with Gasteiger partial charge in [-0.15, -0.1) is 0 Å². The largest absolute Gasteiger partial charge is 0.349 e. The first-order chi connectivity index (χ1) is 13.3. The summed E-state index contributed by atoms with van der Waals surface area (Å²) in [4.78, 5) is 12.7. The molecule has 28 heavy (non-hydrogen) atoms. The summed E-state index contributed by atoms with van der Waals surface area (Å²) in [6, 6.07) is 10.6. The SMILES string of the molecule is O=C(N[C@@H]1CC2CCC1C2)c1ccc(NS(=O)(=O)c2ccc(Cl)cc2)cc1Cl. The van der Waals surface area contributed by atoms with Crippen molar-refractivity contribution in [3.05, 3.63) is 58.1 Å². The highest BCUT2D eigenvalue weighted by molar-refractivity contribution is 7.92. The Kier molecular flexibility index (Phi) is 5.29. The molecule has 2 bridgehead atoms. The number of hydrogen-bond acceptors (Lipinski definition) is 3. The minimum absolute atomic E-state index is 0.0890. The second kappa shape index (κ2) is 7.58. The standard InChI is InChI=1S/C20H20Cl2N2O3S/c21-14-3-6-16(7-4-14)28(26,27)24-15-5-8-17(18(22)11-15)20(25)23-19-10-12-1-2-13(19)9-12/h3-8,11-13,19,24H,1-2,9-10H2,(H,23,25)/t12?,13?,19-/m1/s1. The second-order valence-electron chi connectivity index (χ2n) is 7.51. The molecule has 0 radical (unpaired) electrons. The molecule has 4 rings (SSSR count). The molecule has 1 amide bonds. The Bertz CT molecular complexity index is 1010. The zero-order valence-corrected chi connectivity index (χ0v) is 17.3. The van der Waals surface area contributed by atoms with E-state index < -0.39 is 10.0 Å². The number of fused-ring (bicyclic) bond motifs is 2. The number of sulfonamides is 1. The molecule has 148 valence electrons. The third-order valence-electron chi connectivity index (χ3n) is 5.64. The van der Waals surface area contributed by atoms with Crippen LogP contribution in [0.2, 0.25) is 10.0 Å². The van der Waals surface area contributed by atoms with Crippen LogP contribution < -0.4 is 10.0 Å². The van der Waals surface area contributed by atoms with Crippen molar-refractivity contribution in [2.75, 3.05) is 4.72 Å². The van der Waals surface area contributed by atoms with Crippen LogP contribution in [0.1, 0.15) is 36.0 Å². The smallest absolute Gasteiger partial charge is 0.261 e. The third-order valence-corrected chi connectivity index (χ3v) is 7.61. The van der Waals surface area contributed by atoms with Crippen LogP contribution in [0.3, 0.4) is 0 Å². The summed E-state index contributed by atoms with van der Waals surface area (Å²) in [7, 11) is -3.77. The minimum Gasteiger partial charge on any atom is -0.349 e. The van der Waals surface area contributed by atoms with Crippen LogP contribution in [0.15, 0.2) is 47.4 Å². The molecule has 2 unspecified atom stereocenters. The van der Waals surface area contributed by atoms with Gasteiger partial charge in [-0.3, -0.25) is 9.52 Å². The number of rotatable bonds is 5. The average molecular weight is 439 g/mol. The maximum absolute atomic E-state index is 12.6. The van der Waals surface area contributed by atoms with Gasteiger partial charge in [-0.2, -0.15) is 0 Å². The highest BCUT2D eigenvalue weighted by Crippen LogP contribution is 2.44. The highest BCUT2D eigenvalue weighted by Gasteiger charge is 2.40. The lowest BCUT2D eigenvalue weighted by Gasteiger charge is -2.23. The Balaban J connectivity index is 1.46. The second-order valence-corrected chi connectivity index (χ2v) is 10.0. The van der Waals surface area contributed by atoms with Gasteiger partial charge in [0.2, 0.25) is 0 Å². The quantitative estimate of drug-likeness (QED) is 0.709. The van der Waals surface area contributed by atoms with E-state index in [0.29, 0.717) is 16.5 Å². The zero-order valence-electron chi connectivity index (χ0n) is 15.0. The first-order valence-electron chi connectivity index (χ1n) is 9.20. The Morgan fingerprint density at radius 1 is 1.00 bits per heavy atom. The summed E-state index contributed by atoms with van der Waals surface area (Å²) in [5, 5.41) is 3.75. The number of hydrogen-bond donors (Lipinski definition) is 2. The molecule has 2 fully saturated rings. The fraction of sp³-hybridized carbons (Fsp3) is 0.350. The predicted octanol–water partition coefficient (Wildman–Crippen LogP) is 4.71. The number of nitrogens with one attached hydrogen (secondary N) is 2. The van der Waals surface area contributed by atoms with Crippen LogP contribution in [-0.2, 0) is 10.0 Å². The first-order valence-corrected chi connectivity index (χ1v) is 11.4. The molecule has 0 aromatic heterocycles. The Morgan fingerprint density at radius 2 is 1.75 bits per heavy atom. The summed E-state index contributed by atoms with van der Waals surface area (Å²) in [6.45, 7) is 0. The molecule has 0 heterocycles. The van der Waals surface area contributed by atoms with Gasteiger partial charge in [-0.05, 0) is 73.6 Å². The van der Waals surface area contributed by atoms with E-state index in [1.807, 2.05) is 0 Å². The van der Waals surface area contributed by atoms with Crippen LogP contribution in [0.5, 0.6) is 0 Å². The van der Waals surface area contributed by atoms with Gasteiger partial charge < -0.3 is 5.32 Å². The van der Waals surface area contributed by atoms with E-state index in [4.69, 9.17) is 23.2 Å². The van der Waals surface area contributed by atoms with E-state index in [0.717, 1.165) is 12.3 Å². The molecular formula is C20H20Cl2N2O3S. The Hall–Kier alpha value is -1.76. The van der Waals surface area contributed by atoms with Crippen LogP contribution in [0.25, 0.3) is 0 Å². The van der Waals surface area contributed by atoms with E-state index in [1.165, 1.54) is 55.7 Å². The highest BCUT2D eigenvalue weighted by atomic mass is 35.5. The molecule has 0 spiro atoms. The Labute approximate surface area is 174 Å². The Morgan fingerprint density at radius 3 is 2.36 bits per heavy atom. The van der Waals surface area contributed by atoms with Crippen molar-refractivity contribution in [3.8, 4) is 0 Å². The summed E-state index contributed by atoms with van der Waals surface area (Å²) in [5.74, 6) is 1.09. The van der Waals surface area contributed by atoms with Crippen LogP contribution in [-0.4, -0.2) is 20.4 Å². The van der Waals surface area contributed by atoms with E-state index in [9.17, 15) is 13.2 Å². The molecule has 3 atom stereocenters. The van der Waals surface area contributed by atoms with Gasteiger partial charge in [0.25, 0.3) is 15.9 Å². The normalized spacial score (nSPS) is 23.6. The van der Waals surface area contributed by atoms with E-state index in [-0.39, 0.29) is 27.6 Å². The van der Waals surface area contributed by atoms with Crippen LogP contribution in [0.4, 0.5) is 5.69 Å². The van der Waals surface area contributed by atoms with E-state index in [2.05, 4.69) is 10.0 Å². The number of carbonyl (C=O) groups excluding carboxylic acids is 1. The third kappa shape index (κ3) is 4.00. The van der Waals surface area contributed by atoms with Gasteiger partial charge in [0, 0.05) is 11.1 Å². The summed E-state index contributed by atoms with van der Waals surface area (Å²) < 4.78 is 27.4. The van der Waals surface area contributed by atoms with E-state index in [1.54, 1.807) is 6.07 Å². The molecule has 2 aromatic rings. The van der Waals surface area contributed by atoms with Crippen molar-refractivity contribution in [3.63, 3.8) is 0 Å². The number of amides is 1. The van der Waals surface area contributed by atoms with Crippen molar-refractivity contribution in [1.29, 1.82) is 0 Å². The van der Waals surface area contributed by atoms with Gasteiger partial charge in [0.05, 0.1) is 21.2 Å². The molecule has 8 heteroatoms. The van der Waals surface area contributed by atoms with Crippen molar-refractivity contribution in [1.82, 2.24) is 5.32 Å². The average Bonchev–Trinajstić information content (AvgIpc) is 3.24. The maximum atomic E-state index is 12.6. The fourth-order valence-electron chi connectivity index (χ4n) is 4.26. The molecule has 2 aliphatic carbocycles. The van der Waals surface area contributed by atoms with Gasteiger partial charge in [0.1, 0.15) is 0 Å². The summed E-state index contributed by atoms with van der Waals surface area (Å²) >= 11 is 12.1. The number of halogens is 2. The van der Waals surface area contributed by atoms with Gasteiger partial charge in [-0.25, -0.2) is 8.42 Å². The lowest BCUT2D eigenvalue weighted by Crippen LogP contribution is -2.38. The van der Waals surface area contributed by atoms with Crippen LogP contribution >= 0.6 is 23.2 Å². The molecule has 2 saturated carbocycles. The predicted molar refractivity (Wildman–Crippen MR) is 110 cm³/mol. The molecule has 0 aliphatic heterocycles. The van der Waals surface area contributed by atoms with Crippen molar-refractivity contribution >= 4 is 44.8 Å². The molecular weight excluding hydrogens is 419 g/mol. The van der Waals surface area contributed by atoms with Crippen LogP contribution in [0, 0.1) is 11.8 Å².